The lowest BCUT2D eigenvalue weighted by atomic mass is 9.97. The van der Waals surface area contributed by atoms with Crippen molar-refractivity contribution in [3.05, 3.63) is 18.0 Å². The van der Waals surface area contributed by atoms with Crippen LogP contribution in [0.5, 0.6) is 0 Å². The summed E-state index contributed by atoms with van der Waals surface area (Å²) in [5, 5.41) is 4.09. The van der Waals surface area contributed by atoms with Crippen molar-refractivity contribution >= 4 is 30.7 Å². The van der Waals surface area contributed by atoms with Crippen molar-refractivity contribution < 1.29 is 4.79 Å². The zero-order chi connectivity index (χ0) is 12.5. The predicted octanol–water partition coefficient (Wildman–Crippen LogP) is 1.49. The first-order valence-electron chi connectivity index (χ1n) is 6.03. The predicted molar refractivity (Wildman–Crippen MR) is 79.6 cm³/mol. The molecular formula is C12H22Cl2N4O. The highest BCUT2D eigenvalue weighted by Crippen LogP contribution is 2.29. The normalized spacial score (nSPS) is 16.4. The highest BCUT2D eigenvalue weighted by atomic mass is 35.5. The van der Waals surface area contributed by atoms with E-state index >= 15 is 0 Å². The van der Waals surface area contributed by atoms with Gasteiger partial charge in [0.15, 0.2) is 0 Å². The number of likely N-dealkylation sites (N-methyl/N-ethyl adjacent to an activating group) is 1. The molecular weight excluding hydrogens is 287 g/mol. The Kier molecular flexibility index (Phi) is 6.83. The molecule has 1 aliphatic rings. The molecule has 0 spiro atoms. The Bertz CT molecular complexity index is 416. The van der Waals surface area contributed by atoms with Gasteiger partial charge in [0, 0.05) is 32.4 Å². The van der Waals surface area contributed by atoms with Crippen LogP contribution in [-0.4, -0.2) is 33.2 Å². The van der Waals surface area contributed by atoms with Crippen LogP contribution in [0.2, 0.25) is 0 Å². The number of halogens is 2. The summed E-state index contributed by atoms with van der Waals surface area (Å²) in [4.78, 5) is 14.0. The fraction of sp³-hybridized carbons (Fsp3) is 0.667. The Morgan fingerprint density at radius 3 is 2.53 bits per heavy atom. The molecule has 7 heteroatoms. The molecule has 1 aliphatic carbocycles. The number of amides is 1. The molecule has 2 rings (SSSR count). The number of rotatable bonds is 3. The van der Waals surface area contributed by atoms with Crippen LogP contribution in [0.4, 0.5) is 0 Å². The topological polar surface area (TPSA) is 64.2 Å². The highest BCUT2D eigenvalue weighted by Gasteiger charge is 2.38. The Balaban J connectivity index is 0.00000162. The molecule has 0 bridgehead atoms. The lowest BCUT2D eigenvalue weighted by molar-refractivity contribution is -0.136. The van der Waals surface area contributed by atoms with Crippen LogP contribution in [0, 0.1) is 0 Å². The van der Waals surface area contributed by atoms with Crippen LogP contribution >= 0.6 is 24.8 Å². The van der Waals surface area contributed by atoms with E-state index in [1.165, 1.54) is 0 Å². The van der Waals surface area contributed by atoms with Gasteiger partial charge in [0.25, 0.3) is 0 Å². The number of aryl methyl sites for hydroxylation is 1. The Morgan fingerprint density at radius 1 is 1.47 bits per heavy atom. The van der Waals surface area contributed by atoms with Crippen molar-refractivity contribution in [2.24, 2.45) is 12.8 Å². The minimum Gasteiger partial charge on any atom is -0.340 e. The number of aromatic nitrogens is 2. The maximum absolute atomic E-state index is 12.3. The van der Waals surface area contributed by atoms with Crippen molar-refractivity contribution in [2.45, 2.75) is 37.8 Å². The third kappa shape index (κ3) is 4.09. The van der Waals surface area contributed by atoms with Gasteiger partial charge in [-0.2, -0.15) is 5.10 Å². The van der Waals surface area contributed by atoms with E-state index in [1.54, 1.807) is 15.8 Å². The van der Waals surface area contributed by atoms with Gasteiger partial charge >= 0.3 is 0 Å². The molecule has 1 aromatic heterocycles. The average Bonchev–Trinajstić information content (AvgIpc) is 2.88. The van der Waals surface area contributed by atoms with E-state index in [-0.39, 0.29) is 30.7 Å². The van der Waals surface area contributed by atoms with Crippen molar-refractivity contribution in [3.8, 4) is 0 Å². The third-order valence-electron chi connectivity index (χ3n) is 3.45. The summed E-state index contributed by atoms with van der Waals surface area (Å²) in [6.07, 6.45) is 7.43. The molecule has 0 atom stereocenters. The summed E-state index contributed by atoms with van der Waals surface area (Å²) in [6, 6.07) is 0. The van der Waals surface area contributed by atoms with E-state index in [0.717, 1.165) is 31.2 Å². The maximum Gasteiger partial charge on any atom is 0.242 e. The Labute approximate surface area is 126 Å². The third-order valence-corrected chi connectivity index (χ3v) is 3.45. The number of carbonyl (C=O) groups is 1. The molecule has 0 aliphatic heterocycles. The molecule has 1 fully saturated rings. The van der Waals surface area contributed by atoms with E-state index < -0.39 is 5.54 Å². The van der Waals surface area contributed by atoms with Crippen LogP contribution in [0.3, 0.4) is 0 Å². The minimum atomic E-state index is -0.628. The monoisotopic (exact) mass is 308 g/mol. The second kappa shape index (κ2) is 7.12. The van der Waals surface area contributed by atoms with Crippen molar-refractivity contribution in [3.63, 3.8) is 0 Å². The lowest BCUT2D eigenvalue weighted by Crippen LogP contribution is -2.52. The SMILES string of the molecule is CN(Cc1cnn(C)c1)C(=O)C1(N)CCCC1.Cl.Cl. The zero-order valence-corrected chi connectivity index (χ0v) is 13.0. The largest absolute Gasteiger partial charge is 0.340 e. The van der Waals surface area contributed by atoms with Gasteiger partial charge in [0.2, 0.25) is 5.91 Å². The van der Waals surface area contributed by atoms with Crippen molar-refractivity contribution in [1.29, 1.82) is 0 Å². The van der Waals surface area contributed by atoms with Gasteiger partial charge in [-0.25, -0.2) is 0 Å². The van der Waals surface area contributed by atoms with Gasteiger partial charge in [0.05, 0.1) is 11.7 Å². The van der Waals surface area contributed by atoms with Crippen LogP contribution < -0.4 is 5.73 Å². The molecule has 19 heavy (non-hydrogen) atoms. The molecule has 0 unspecified atom stereocenters. The van der Waals surface area contributed by atoms with E-state index in [4.69, 9.17) is 5.73 Å². The van der Waals surface area contributed by atoms with Crippen molar-refractivity contribution in [2.75, 3.05) is 7.05 Å². The van der Waals surface area contributed by atoms with E-state index in [0.29, 0.717) is 6.54 Å². The molecule has 0 radical (unpaired) electrons. The zero-order valence-electron chi connectivity index (χ0n) is 11.3. The number of nitrogens with two attached hydrogens (primary N) is 1. The first-order valence-corrected chi connectivity index (χ1v) is 6.03. The van der Waals surface area contributed by atoms with Crippen LogP contribution in [0.1, 0.15) is 31.2 Å². The lowest BCUT2D eigenvalue weighted by Gasteiger charge is -2.28. The Hall–Kier alpha value is -0.780. The number of hydrogen-bond donors (Lipinski definition) is 1. The molecule has 2 N–H and O–H groups in total. The summed E-state index contributed by atoms with van der Waals surface area (Å²) in [7, 11) is 3.68. The number of carbonyl (C=O) groups excluding carboxylic acids is 1. The summed E-state index contributed by atoms with van der Waals surface area (Å²) < 4.78 is 1.74. The standard InChI is InChI=1S/C12H20N4O.2ClH/c1-15(8-10-7-14-16(2)9-10)11(17)12(13)5-3-4-6-12;;/h7,9H,3-6,8,13H2,1-2H3;2*1H. The minimum absolute atomic E-state index is 0. The first-order chi connectivity index (χ1) is 8.01. The quantitative estimate of drug-likeness (QED) is 0.920. The van der Waals surface area contributed by atoms with E-state index in [9.17, 15) is 4.79 Å². The van der Waals surface area contributed by atoms with Crippen LogP contribution in [0.15, 0.2) is 12.4 Å². The molecule has 1 saturated carbocycles. The summed E-state index contributed by atoms with van der Waals surface area (Å²) in [5.41, 5.74) is 6.55. The van der Waals surface area contributed by atoms with Gasteiger partial charge in [-0.3, -0.25) is 9.48 Å². The smallest absolute Gasteiger partial charge is 0.242 e. The maximum atomic E-state index is 12.3. The van der Waals surface area contributed by atoms with Gasteiger partial charge in [-0.05, 0) is 12.8 Å². The summed E-state index contributed by atoms with van der Waals surface area (Å²) in [5.74, 6) is 0.0545. The highest BCUT2D eigenvalue weighted by molar-refractivity contribution is 5.86. The van der Waals surface area contributed by atoms with E-state index in [2.05, 4.69) is 5.10 Å². The second-order valence-corrected chi connectivity index (χ2v) is 5.05. The molecule has 110 valence electrons. The molecule has 1 amide bonds. The van der Waals surface area contributed by atoms with Crippen molar-refractivity contribution in [1.82, 2.24) is 14.7 Å². The first kappa shape index (κ1) is 18.2. The number of nitrogens with zero attached hydrogens (tertiary/aromatic N) is 3. The van der Waals surface area contributed by atoms with Gasteiger partial charge in [-0.1, -0.05) is 12.8 Å². The summed E-state index contributed by atoms with van der Waals surface area (Å²) >= 11 is 0. The molecule has 1 aromatic rings. The fourth-order valence-corrected chi connectivity index (χ4v) is 2.50. The fourth-order valence-electron chi connectivity index (χ4n) is 2.50. The molecule has 1 heterocycles. The average molecular weight is 309 g/mol. The van der Waals surface area contributed by atoms with Gasteiger partial charge in [0.1, 0.15) is 0 Å². The summed E-state index contributed by atoms with van der Waals surface area (Å²) in [6.45, 7) is 0.575. The van der Waals surface area contributed by atoms with Gasteiger partial charge < -0.3 is 10.6 Å². The van der Waals surface area contributed by atoms with Crippen LogP contribution in [0.25, 0.3) is 0 Å². The van der Waals surface area contributed by atoms with Crippen LogP contribution in [-0.2, 0) is 18.4 Å². The molecule has 0 aromatic carbocycles. The van der Waals surface area contributed by atoms with Gasteiger partial charge in [-0.15, -0.1) is 24.8 Å². The second-order valence-electron chi connectivity index (χ2n) is 5.05. The number of hydrogen-bond acceptors (Lipinski definition) is 3. The van der Waals surface area contributed by atoms with E-state index in [1.807, 2.05) is 20.3 Å². The molecule has 0 saturated heterocycles. The Morgan fingerprint density at radius 2 is 2.05 bits per heavy atom. The molecule has 5 nitrogen and oxygen atoms in total.